The first-order valence-electron chi connectivity index (χ1n) is 7.01. The number of rotatable bonds is 9. The zero-order chi connectivity index (χ0) is 13.9. The van der Waals surface area contributed by atoms with Crippen molar-refractivity contribution in [2.24, 2.45) is 0 Å². The van der Waals surface area contributed by atoms with Gasteiger partial charge in [-0.15, -0.1) is 0 Å². The molecule has 4 nitrogen and oxygen atoms in total. The van der Waals surface area contributed by atoms with E-state index in [1.54, 1.807) is 6.07 Å². The molecule has 0 aliphatic carbocycles. The molecule has 0 bridgehead atoms. The summed E-state index contributed by atoms with van der Waals surface area (Å²) in [5.41, 5.74) is 1.58. The second-order valence-electron chi connectivity index (χ2n) is 4.55. The Morgan fingerprint density at radius 2 is 2.05 bits per heavy atom. The van der Waals surface area contributed by atoms with Crippen molar-refractivity contribution in [2.45, 2.75) is 32.6 Å². The molecule has 0 saturated carbocycles. The summed E-state index contributed by atoms with van der Waals surface area (Å²) in [6.07, 6.45) is 4.89. The van der Waals surface area contributed by atoms with Gasteiger partial charge < -0.3 is 15.7 Å². The lowest BCUT2D eigenvalue weighted by Crippen LogP contribution is -2.26. The van der Waals surface area contributed by atoms with Crippen LogP contribution in [0.2, 0.25) is 0 Å². The molecule has 1 rings (SSSR count). The second kappa shape index (κ2) is 9.39. The van der Waals surface area contributed by atoms with Crippen LogP contribution in [0.25, 0.3) is 0 Å². The molecule has 0 atom stereocenters. The highest BCUT2D eigenvalue weighted by molar-refractivity contribution is 5.95. The molecule has 0 aromatic heterocycles. The molecule has 0 spiro atoms. The number of hydrogen-bond donors (Lipinski definition) is 3. The maximum Gasteiger partial charge on any atom is 0.251 e. The third-order valence-electron chi connectivity index (χ3n) is 2.88. The normalized spacial score (nSPS) is 10.2. The van der Waals surface area contributed by atoms with Crippen LogP contribution in [0, 0.1) is 0 Å². The quantitative estimate of drug-likeness (QED) is 0.600. The number of aliphatic hydroxyl groups excluding tert-OH is 1. The van der Waals surface area contributed by atoms with E-state index in [1.807, 2.05) is 18.2 Å². The summed E-state index contributed by atoms with van der Waals surface area (Å²) in [5.74, 6) is -0.149. The molecule has 0 aliphatic heterocycles. The van der Waals surface area contributed by atoms with Crippen molar-refractivity contribution in [2.75, 3.05) is 25.0 Å². The fraction of sp³-hybridized carbons (Fsp3) is 0.533. The Labute approximate surface area is 115 Å². The van der Waals surface area contributed by atoms with E-state index >= 15 is 0 Å². The van der Waals surface area contributed by atoms with Crippen molar-refractivity contribution in [3.8, 4) is 0 Å². The molecule has 0 fully saturated rings. The zero-order valence-corrected chi connectivity index (χ0v) is 11.6. The predicted octanol–water partition coefficient (Wildman–Crippen LogP) is 2.40. The Kier molecular flexibility index (Phi) is 7.66. The summed E-state index contributed by atoms with van der Waals surface area (Å²) in [6.45, 7) is 3.37. The van der Waals surface area contributed by atoms with Gasteiger partial charge in [0.15, 0.2) is 0 Å². The molecular weight excluding hydrogens is 240 g/mol. The fourth-order valence-electron chi connectivity index (χ4n) is 1.83. The Morgan fingerprint density at radius 3 is 2.79 bits per heavy atom. The molecule has 1 aromatic carbocycles. The number of aliphatic hydroxyl groups is 1. The van der Waals surface area contributed by atoms with Crippen LogP contribution in [0.1, 0.15) is 43.0 Å². The van der Waals surface area contributed by atoms with Crippen molar-refractivity contribution in [1.82, 2.24) is 5.32 Å². The summed E-state index contributed by atoms with van der Waals surface area (Å²) >= 11 is 0. The number of carbonyl (C=O) groups is 1. The van der Waals surface area contributed by atoms with Crippen molar-refractivity contribution < 1.29 is 9.90 Å². The SMILES string of the molecule is CCCCCCNc1cccc(C(=O)NCCO)c1. The first-order valence-corrected chi connectivity index (χ1v) is 7.01. The molecule has 1 amide bonds. The largest absolute Gasteiger partial charge is 0.395 e. The van der Waals surface area contributed by atoms with Gasteiger partial charge >= 0.3 is 0 Å². The van der Waals surface area contributed by atoms with Crippen molar-refractivity contribution in [1.29, 1.82) is 0 Å². The van der Waals surface area contributed by atoms with Crippen LogP contribution in [-0.2, 0) is 0 Å². The number of nitrogens with one attached hydrogen (secondary N) is 2. The van der Waals surface area contributed by atoms with Gasteiger partial charge in [-0.05, 0) is 24.6 Å². The molecule has 1 aromatic rings. The third kappa shape index (κ3) is 6.25. The van der Waals surface area contributed by atoms with Gasteiger partial charge in [0.25, 0.3) is 5.91 Å². The minimum absolute atomic E-state index is 0.0406. The van der Waals surface area contributed by atoms with E-state index in [1.165, 1.54) is 19.3 Å². The summed E-state index contributed by atoms with van der Waals surface area (Å²) in [5, 5.41) is 14.6. The topological polar surface area (TPSA) is 61.4 Å². The van der Waals surface area contributed by atoms with Crippen molar-refractivity contribution >= 4 is 11.6 Å². The molecule has 0 unspecified atom stereocenters. The van der Waals surface area contributed by atoms with E-state index in [-0.39, 0.29) is 19.1 Å². The van der Waals surface area contributed by atoms with E-state index in [9.17, 15) is 4.79 Å². The average molecular weight is 264 g/mol. The average Bonchev–Trinajstić information content (AvgIpc) is 2.45. The molecular formula is C15H24N2O2. The lowest BCUT2D eigenvalue weighted by atomic mass is 10.1. The van der Waals surface area contributed by atoms with Crippen LogP contribution in [0.5, 0.6) is 0 Å². The Bertz CT molecular complexity index is 380. The lowest BCUT2D eigenvalue weighted by molar-refractivity contribution is 0.0945. The predicted molar refractivity (Wildman–Crippen MR) is 78.5 cm³/mol. The summed E-state index contributed by atoms with van der Waals surface area (Å²) in [6, 6.07) is 7.44. The maximum atomic E-state index is 11.7. The summed E-state index contributed by atoms with van der Waals surface area (Å²) in [4.78, 5) is 11.7. The van der Waals surface area contributed by atoms with E-state index in [0.717, 1.165) is 18.7 Å². The van der Waals surface area contributed by atoms with Crippen LogP contribution in [0.15, 0.2) is 24.3 Å². The number of anilines is 1. The number of benzene rings is 1. The maximum absolute atomic E-state index is 11.7. The van der Waals surface area contributed by atoms with Crippen LogP contribution in [0.4, 0.5) is 5.69 Å². The van der Waals surface area contributed by atoms with Crippen LogP contribution in [0.3, 0.4) is 0 Å². The fourth-order valence-corrected chi connectivity index (χ4v) is 1.83. The van der Waals surface area contributed by atoms with Gasteiger partial charge in [0, 0.05) is 24.3 Å². The standard InChI is InChI=1S/C15H24N2O2/c1-2-3-4-5-9-16-14-8-6-7-13(12-14)15(19)17-10-11-18/h6-8,12,16,18H,2-5,9-11H2,1H3,(H,17,19). The van der Waals surface area contributed by atoms with Crippen LogP contribution < -0.4 is 10.6 Å². The highest BCUT2D eigenvalue weighted by atomic mass is 16.3. The van der Waals surface area contributed by atoms with Gasteiger partial charge in [-0.1, -0.05) is 32.3 Å². The molecule has 19 heavy (non-hydrogen) atoms. The molecule has 0 saturated heterocycles. The van der Waals surface area contributed by atoms with Gasteiger partial charge in [0.05, 0.1) is 6.61 Å². The molecule has 0 aliphatic rings. The van der Waals surface area contributed by atoms with Crippen molar-refractivity contribution in [3.05, 3.63) is 29.8 Å². The Morgan fingerprint density at radius 1 is 1.21 bits per heavy atom. The molecule has 3 N–H and O–H groups in total. The molecule has 4 heteroatoms. The van der Waals surface area contributed by atoms with E-state index in [0.29, 0.717) is 5.56 Å². The van der Waals surface area contributed by atoms with E-state index in [2.05, 4.69) is 17.6 Å². The van der Waals surface area contributed by atoms with Crippen molar-refractivity contribution in [3.63, 3.8) is 0 Å². The van der Waals surface area contributed by atoms with Gasteiger partial charge in [-0.2, -0.15) is 0 Å². The number of hydrogen-bond acceptors (Lipinski definition) is 3. The van der Waals surface area contributed by atoms with E-state index in [4.69, 9.17) is 5.11 Å². The minimum Gasteiger partial charge on any atom is -0.395 e. The Balaban J connectivity index is 2.41. The zero-order valence-electron chi connectivity index (χ0n) is 11.6. The van der Waals surface area contributed by atoms with Gasteiger partial charge in [0.1, 0.15) is 0 Å². The van der Waals surface area contributed by atoms with Crippen LogP contribution in [-0.4, -0.2) is 30.7 Å². The van der Waals surface area contributed by atoms with Gasteiger partial charge in [-0.3, -0.25) is 4.79 Å². The summed E-state index contributed by atoms with van der Waals surface area (Å²) in [7, 11) is 0. The van der Waals surface area contributed by atoms with Crippen LogP contribution >= 0.6 is 0 Å². The van der Waals surface area contributed by atoms with Gasteiger partial charge in [-0.25, -0.2) is 0 Å². The number of amides is 1. The highest BCUT2D eigenvalue weighted by Gasteiger charge is 2.04. The second-order valence-corrected chi connectivity index (χ2v) is 4.55. The highest BCUT2D eigenvalue weighted by Crippen LogP contribution is 2.11. The Hall–Kier alpha value is -1.55. The number of carbonyl (C=O) groups excluding carboxylic acids is 1. The molecule has 0 heterocycles. The van der Waals surface area contributed by atoms with Gasteiger partial charge in [0.2, 0.25) is 0 Å². The van der Waals surface area contributed by atoms with E-state index < -0.39 is 0 Å². The summed E-state index contributed by atoms with van der Waals surface area (Å²) < 4.78 is 0. The third-order valence-corrected chi connectivity index (χ3v) is 2.88. The first-order chi connectivity index (χ1) is 9.27. The minimum atomic E-state index is -0.149. The lowest BCUT2D eigenvalue weighted by Gasteiger charge is -2.08. The molecule has 0 radical (unpaired) electrons. The molecule has 106 valence electrons. The monoisotopic (exact) mass is 264 g/mol. The number of unbranched alkanes of at least 4 members (excludes halogenated alkanes) is 3. The first kappa shape index (κ1) is 15.5. The smallest absolute Gasteiger partial charge is 0.251 e.